The van der Waals surface area contributed by atoms with Gasteiger partial charge in [0.2, 0.25) is 0 Å². The van der Waals surface area contributed by atoms with Crippen LogP contribution in [0, 0.1) is 0 Å². The molecule has 132 valence electrons. The molecule has 2 saturated heterocycles. The second kappa shape index (κ2) is 7.33. The molecule has 0 aromatic carbocycles. The van der Waals surface area contributed by atoms with Crippen LogP contribution in [0.3, 0.4) is 0 Å². The Kier molecular flexibility index (Phi) is 4.76. The average molecular weight is 341 g/mol. The Morgan fingerprint density at radius 3 is 2.56 bits per heavy atom. The highest BCUT2D eigenvalue weighted by Gasteiger charge is 2.28. The third-order valence-corrected chi connectivity index (χ3v) is 5.12. The summed E-state index contributed by atoms with van der Waals surface area (Å²) in [7, 11) is 0. The Morgan fingerprint density at radius 2 is 1.92 bits per heavy atom. The van der Waals surface area contributed by atoms with E-state index in [4.69, 9.17) is 4.74 Å². The molecule has 2 aromatic rings. The number of pyridine rings is 1. The van der Waals surface area contributed by atoms with Crippen LogP contribution in [0.1, 0.15) is 23.2 Å². The Bertz CT molecular complexity index is 687. The van der Waals surface area contributed by atoms with Crippen molar-refractivity contribution in [2.45, 2.75) is 18.9 Å². The van der Waals surface area contributed by atoms with Gasteiger partial charge in [-0.25, -0.2) is 0 Å². The average Bonchev–Trinajstić information content (AvgIpc) is 3.23. The van der Waals surface area contributed by atoms with Gasteiger partial charge in [-0.05, 0) is 25.0 Å². The summed E-state index contributed by atoms with van der Waals surface area (Å²) >= 11 is 0. The maximum absolute atomic E-state index is 12.7. The lowest BCUT2D eigenvalue weighted by Gasteiger charge is -2.40. The second-order valence-corrected chi connectivity index (χ2v) is 6.59. The van der Waals surface area contributed by atoms with Crippen LogP contribution < -0.4 is 0 Å². The van der Waals surface area contributed by atoms with Crippen molar-refractivity contribution in [3.63, 3.8) is 0 Å². The number of amides is 1. The SMILES string of the molecule is O=C(c1ccc(-c2cn[nH]c2)nc1)N1CCC(N2CCOCC2)CC1. The van der Waals surface area contributed by atoms with Crippen molar-refractivity contribution in [1.82, 2.24) is 25.0 Å². The van der Waals surface area contributed by atoms with E-state index < -0.39 is 0 Å². The van der Waals surface area contributed by atoms with E-state index in [1.165, 1.54) is 0 Å². The number of likely N-dealkylation sites (tertiary alicyclic amines) is 1. The molecule has 1 N–H and O–H groups in total. The topological polar surface area (TPSA) is 74.4 Å². The van der Waals surface area contributed by atoms with Crippen molar-refractivity contribution in [2.24, 2.45) is 0 Å². The molecule has 25 heavy (non-hydrogen) atoms. The predicted molar refractivity (Wildman–Crippen MR) is 93.1 cm³/mol. The monoisotopic (exact) mass is 341 g/mol. The summed E-state index contributed by atoms with van der Waals surface area (Å²) in [5.41, 5.74) is 2.39. The van der Waals surface area contributed by atoms with Crippen molar-refractivity contribution in [1.29, 1.82) is 0 Å². The molecule has 4 rings (SSSR count). The van der Waals surface area contributed by atoms with E-state index in [1.54, 1.807) is 18.6 Å². The second-order valence-electron chi connectivity index (χ2n) is 6.59. The number of carbonyl (C=O) groups is 1. The summed E-state index contributed by atoms with van der Waals surface area (Å²) in [5.74, 6) is 0.0756. The highest BCUT2D eigenvalue weighted by atomic mass is 16.5. The number of hydrogen-bond donors (Lipinski definition) is 1. The largest absolute Gasteiger partial charge is 0.379 e. The van der Waals surface area contributed by atoms with Gasteiger partial charge in [-0.15, -0.1) is 0 Å². The zero-order valence-electron chi connectivity index (χ0n) is 14.2. The summed E-state index contributed by atoms with van der Waals surface area (Å²) < 4.78 is 5.43. The molecule has 2 aromatic heterocycles. The first-order chi connectivity index (χ1) is 12.3. The van der Waals surface area contributed by atoms with Crippen LogP contribution >= 0.6 is 0 Å². The minimum atomic E-state index is 0.0756. The summed E-state index contributed by atoms with van der Waals surface area (Å²) in [4.78, 5) is 21.6. The minimum Gasteiger partial charge on any atom is -0.379 e. The van der Waals surface area contributed by atoms with Gasteiger partial charge in [0.25, 0.3) is 5.91 Å². The number of aromatic amines is 1. The molecular weight excluding hydrogens is 318 g/mol. The normalized spacial score (nSPS) is 19.9. The number of hydrogen-bond acceptors (Lipinski definition) is 5. The summed E-state index contributed by atoms with van der Waals surface area (Å²) in [6.45, 7) is 5.30. The standard InChI is InChI=1S/C18H23N5O2/c24-18(14-1-2-17(19-11-14)15-12-20-21-13-15)23-5-3-16(4-6-23)22-7-9-25-10-8-22/h1-2,11-13,16H,3-10H2,(H,20,21). The first kappa shape index (κ1) is 16.2. The van der Waals surface area contributed by atoms with Gasteiger partial charge in [0.05, 0.1) is 30.7 Å². The van der Waals surface area contributed by atoms with Crippen molar-refractivity contribution < 1.29 is 9.53 Å². The van der Waals surface area contributed by atoms with Gasteiger partial charge in [0, 0.05) is 50.2 Å². The van der Waals surface area contributed by atoms with E-state index in [2.05, 4.69) is 20.1 Å². The third-order valence-electron chi connectivity index (χ3n) is 5.12. The maximum atomic E-state index is 12.7. The van der Waals surface area contributed by atoms with E-state index in [-0.39, 0.29) is 5.91 Å². The quantitative estimate of drug-likeness (QED) is 0.914. The van der Waals surface area contributed by atoms with Gasteiger partial charge >= 0.3 is 0 Å². The maximum Gasteiger partial charge on any atom is 0.255 e. The van der Waals surface area contributed by atoms with Crippen LogP contribution in [-0.4, -0.2) is 76.3 Å². The number of carbonyl (C=O) groups excluding carboxylic acids is 1. The van der Waals surface area contributed by atoms with E-state index in [0.29, 0.717) is 11.6 Å². The predicted octanol–water partition coefficient (Wildman–Crippen LogP) is 1.41. The van der Waals surface area contributed by atoms with Gasteiger partial charge in [0.1, 0.15) is 0 Å². The minimum absolute atomic E-state index is 0.0756. The smallest absolute Gasteiger partial charge is 0.255 e. The molecule has 4 heterocycles. The van der Waals surface area contributed by atoms with Gasteiger partial charge in [0.15, 0.2) is 0 Å². The molecule has 7 heteroatoms. The first-order valence-electron chi connectivity index (χ1n) is 8.87. The molecule has 0 unspecified atom stereocenters. The van der Waals surface area contributed by atoms with E-state index >= 15 is 0 Å². The van der Waals surface area contributed by atoms with Crippen LogP contribution in [-0.2, 0) is 4.74 Å². The summed E-state index contributed by atoms with van der Waals surface area (Å²) in [6.07, 6.45) is 7.25. The number of aromatic nitrogens is 3. The van der Waals surface area contributed by atoms with Crippen molar-refractivity contribution in [3.05, 3.63) is 36.3 Å². The number of piperidine rings is 1. The van der Waals surface area contributed by atoms with Gasteiger partial charge in [-0.3, -0.25) is 19.8 Å². The van der Waals surface area contributed by atoms with E-state index in [0.717, 1.165) is 63.5 Å². The van der Waals surface area contributed by atoms with Gasteiger partial charge in [-0.1, -0.05) is 0 Å². The van der Waals surface area contributed by atoms with Crippen LogP contribution in [0.25, 0.3) is 11.3 Å². The van der Waals surface area contributed by atoms with Gasteiger partial charge < -0.3 is 9.64 Å². The van der Waals surface area contributed by atoms with Crippen molar-refractivity contribution in [3.8, 4) is 11.3 Å². The first-order valence-corrected chi connectivity index (χ1v) is 8.87. The number of nitrogens with one attached hydrogen (secondary N) is 1. The number of morpholine rings is 1. The fraction of sp³-hybridized carbons (Fsp3) is 0.500. The lowest BCUT2D eigenvalue weighted by Crippen LogP contribution is -2.50. The summed E-state index contributed by atoms with van der Waals surface area (Å²) in [5, 5.41) is 6.69. The number of H-pyrrole nitrogens is 1. The Morgan fingerprint density at radius 1 is 1.12 bits per heavy atom. The summed E-state index contributed by atoms with van der Waals surface area (Å²) in [6, 6.07) is 4.30. The van der Waals surface area contributed by atoms with Crippen LogP contribution in [0.4, 0.5) is 0 Å². The lowest BCUT2D eigenvalue weighted by atomic mass is 10.0. The zero-order valence-corrected chi connectivity index (χ0v) is 14.2. The molecule has 0 bridgehead atoms. The molecule has 1 amide bonds. The molecule has 0 atom stereocenters. The zero-order chi connectivity index (χ0) is 17.1. The number of rotatable bonds is 3. The Labute approximate surface area is 147 Å². The fourth-order valence-corrected chi connectivity index (χ4v) is 3.64. The molecule has 2 aliphatic rings. The molecule has 0 saturated carbocycles. The molecule has 2 fully saturated rings. The Hall–Kier alpha value is -2.25. The third kappa shape index (κ3) is 3.57. The molecule has 0 aliphatic carbocycles. The highest BCUT2D eigenvalue weighted by molar-refractivity contribution is 5.94. The Balaban J connectivity index is 1.35. The fourth-order valence-electron chi connectivity index (χ4n) is 3.64. The van der Waals surface area contributed by atoms with Gasteiger partial charge in [-0.2, -0.15) is 5.10 Å². The number of ether oxygens (including phenoxy) is 1. The van der Waals surface area contributed by atoms with Crippen molar-refractivity contribution >= 4 is 5.91 Å². The van der Waals surface area contributed by atoms with Crippen molar-refractivity contribution in [2.75, 3.05) is 39.4 Å². The molecule has 7 nitrogen and oxygen atoms in total. The van der Waals surface area contributed by atoms with E-state index in [1.807, 2.05) is 17.0 Å². The highest BCUT2D eigenvalue weighted by Crippen LogP contribution is 2.20. The lowest BCUT2D eigenvalue weighted by molar-refractivity contribution is 0.00158. The molecule has 0 radical (unpaired) electrons. The van der Waals surface area contributed by atoms with Crippen LogP contribution in [0.5, 0.6) is 0 Å². The molecular formula is C18H23N5O2. The molecule has 2 aliphatic heterocycles. The van der Waals surface area contributed by atoms with E-state index in [9.17, 15) is 4.79 Å². The van der Waals surface area contributed by atoms with Crippen LogP contribution in [0.15, 0.2) is 30.7 Å². The number of nitrogens with zero attached hydrogens (tertiary/aromatic N) is 4. The van der Waals surface area contributed by atoms with Crippen LogP contribution in [0.2, 0.25) is 0 Å². The molecule has 0 spiro atoms.